The zero-order valence-corrected chi connectivity index (χ0v) is 9.83. The molecule has 1 atom stereocenters. The van der Waals surface area contributed by atoms with Crippen LogP contribution in [0.5, 0.6) is 0 Å². The van der Waals surface area contributed by atoms with Gasteiger partial charge in [-0.25, -0.2) is 0 Å². The number of halogens is 1. The lowest BCUT2D eigenvalue weighted by Gasteiger charge is -2.02. The molecule has 12 heavy (non-hydrogen) atoms. The standard InChI is InChI=1S/C9H14BrNS/c1-6-5-12-8(9(6)10)4-3-7(2)11/h5,7H,3-4,11H2,1-2H3. The highest BCUT2D eigenvalue weighted by molar-refractivity contribution is 9.10. The molecule has 1 unspecified atom stereocenters. The van der Waals surface area contributed by atoms with Crippen LogP contribution in [0.25, 0.3) is 0 Å². The number of nitrogens with two attached hydrogens (primary N) is 1. The molecule has 1 aromatic rings. The van der Waals surface area contributed by atoms with Crippen LogP contribution in [-0.2, 0) is 6.42 Å². The van der Waals surface area contributed by atoms with E-state index in [1.54, 1.807) is 0 Å². The molecule has 1 heterocycles. The van der Waals surface area contributed by atoms with Crippen molar-refractivity contribution in [3.8, 4) is 0 Å². The average Bonchev–Trinajstić information content (AvgIpc) is 2.30. The number of thiophene rings is 1. The monoisotopic (exact) mass is 247 g/mol. The van der Waals surface area contributed by atoms with Crippen molar-refractivity contribution < 1.29 is 0 Å². The highest BCUT2D eigenvalue weighted by Gasteiger charge is 2.05. The normalized spacial score (nSPS) is 13.3. The van der Waals surface area contributed by atoms with Crippen LogP contribution < -0.4 is 5.73 Å². The number of hydrogen-bond donors (Lipinski definition) is 1. The van der Waals surface area contributed by atoms with Gasteiger partial charge >= 0.3 is 0 Å². The fourth-order valence-corrected chi connectivity index (χ4v) is 2.69. The molecule has 68 valence electrons. The third-order valence-corrected chi connectivity index (χ3v) is 4.33. The summed E-state index contributed by atoms with van der Waals surface area (Å²) in [5, 5.41) is 2.18. The van der Waals surface area contributed by atoms with Crippen molar-refractivity contribution in [2.45, 2.75) is 32.7 Å². The summed E-state index contributed by atoms with van der Waals surface area (Å²) in [7, 11) is 0. The summed E-state index contributed by atoms with van der Waals surface area (Å²) in [5.41, 5.74) is 7.02. The largest absolute Gasteiger partial charge is 0.328 e. The lowest BCUT2D eigenvalue weighted by Crippen LogP contribution is -2.15. The lowest BCUT2D eigenvalue weighted by atomic mass is 10.1. The van der Waals surface area contributed by atoms with Crippen LogP contribution in [0.1, 0.15) is 23.8 Å². The van der Waals surface area contributed by atoms with E-state index in [2.05, 4.69) is 28.2 Å². The Morgan fingerprint density at radius 3 is 2.75 bits per heavy atom. The molecular formula is C9H14BrNS. The van der Waals surface area contributed by atoms with Crippen molar-refractivity contribution in [1.29, 1.82) is 0 Å². The summed E-state index contributed by atoms with van der Waals surface area (Å²) >= 11 is 5.39. The van der Waals surface area contributed by atoms with Gasteiger partial charge < -0.3 is 5.73 Å². The van der Waals surface area contributed by atoms with Gasteiger partial charge in [0.2, 0.25) is 0 Å². The van der Waals surface area contributed by atoms with Gasteiger partial charge in [-0.3, -0.25) is 0 Å². The predicted molar refractivity (Wildman–Crippen MR) is 58.7 cm³/mol. The molecule has 1 rings (SSSR count). The SMILES string of the molecule is Cc1csc(CCC(C)N)c1Br. The maximum Gasteiger partial charge on any atom is 0.0343 e. The van der Waals surface area contributed by atoms with Crippen molar-refractivity contribution in [2.75, 3.05) is 0 Å². The molecule has 0 radical (unpaired) electrons. The van der Waals surface area contributed by atoms with Crippen LogP contribution in [0.15, 0.2) is 9.85 Å². The summed E-state index contributed by atoms with van der Waals surface area (Å²) < 4.78 is 1.27. The molecular weight excluding hydrogens is 234 g/mol. The molecule has 1 aromatic heterocycles. The van der Waals surface area contributed by atoms with Crippen LogP contribution in [0.2, 0.25) is 0 Å². The quantitative estimate of drug-likeness (QED) is 0.873. The van der Waals surface area contributed by atoms with E-state index in [9.17, 15) is 0 Å². The molecule has 3 heteroatoms. The van der Waals surface area contributed by atoms with Gasteiger partial charge in [0.15, 0.2) is 0 Å². The summed E-state index contributed by atoms with van der Waals surface area (Å²) in [6.07, 6.45) is 2.16. The van der Waals surface area contributed by atoms with Gasteiger partial charge in [0.1, 0.15) is 0 Å². The van der Waals surface area contributed by atoms with Gasteiger partial charge in [0, 0.05) is 15.4 Å². The zero-order valence-electron chi connectivity index (χ0n) is 7.43. The van der Waals surface area contributed by atoms with Crippen LogP contribution in [0.3, 0.4) is 0 Å². The van der Waals surface area contributed by atoms with Gasteiger partial charge in [-0.1, -0.05) is 0 Å². The van der Waals surface area contributed by atoms with Gasteiger partial charge in [0.25, 0.3) is 0 Å². The van der Waals surface area contributed by atoms with Gasteiger partial charge in [-0.2, -0.15) is 0 Å². The molecule has 0 aromatic carbocycles. The summed E-state index contributed by atoms with van der Waals surface area (Å²) in [4.78, 5) is 1.42. The van der Waals surface area contributed by atoms with E-state index in [0.29, 0.717) is 6.04 Å². The van der Waals surface area contributed by atoms with E-state index in [-0.39, 0.29) is 0 Å². The summed E-state index contributed by atoms with van der Waals surface area (Å²) in [6.45, 7) is 4.17. The minimum absolute atomic E-state index is 0.305. The Hall–Kier alpha value is 0.140. The van der Waals surface area contributed by atoms with Crippen LogP contribution >= 0.6 is 27.3 Å². The molecule has 0 spiro atoms. The number of aryl methyl sites for hydroxylation is 2. The first kappa shape index (κ1) is 10.2. The maximum atomic E-state index is 5.69. The van der Waals surface area contributed by atoms with Crippen LogP contribution in [-0.4, -0.2) is 6.04 Å². The molecule has 1 nitrogen and oxygen atoms in total. The van der Waals surface area contributed by atoms with Gasteiger partial charge in [-0.05, 0) is 53.6 Å². The number of rotatable bonds is 3. The molecule has 0 aliphatic heterocycles. The fourth-order valence-electron chi connectivity index (χ4n) is 1.01. The van der Waals surface area contributed by atoms with Gasteiger partial charge in [-0.15, -0.1) is 11.3 Å². The highest BCUT2D eigenvalue weighted by atomic mass is 79.9. The Morgan fingerprint density at radius 1 is 1.67 bits per heavy atom. The van der Waals surface area contributed by atoms with Gasteiger partial charge in [0.05, 0.1) is 0 Å². The lowest BCUT2D eigenvalue weighted by molar-refractivity contribution is 0.669. The number of hydrogen-bond acceptors (Lipinski definition) is 2. The third kappa shape index (κ3) is 2.57. The van der Waals surface area contributed by atoms with Crippen molar-refractivity contribution in [2.24, 2.45) is 5.73 Å². The van der Waals surface area contributed by atoms with Crippen molar-refractivity contribution in [3.05, 3.63) is 20.3 Å². The molecule has 0 fully saturated rings. The maximum absolute atomic E-state index is 5.69. The first-order chi connectivity index (χ1) is 5.61. The van der Waals surface area contributed by atoms with Crippen LogP contribution in [0.4, 0.5) is 0 Å². The summed E-state index contributed by atoms with van der Waals surface area (Å²) in [6, 6.07) is 0.305. The Labute approximate surface area is 86.1 Å². The highest BCUT2D eigenvalue weighted by Crippen LogP contribution is 2.28. The van der Waals surface area contributed by atoms with E-state index in [1.807, 2.05) is 18.3 Å². The second-order valence-electron chi connectivity index (χ2n) is 3.17. The van der Waals surface area contributed by atoms with Crippen molar-refractivity contribution >= 4 is 27.3 Å². The Morgan fingerprint density at radius 2 is 2.33 bits per heavy atom. The third-order valence-electron chi connectivity index (χ3n) is 1.80. The molecule has 0 amide bonds. The fraction of sp³-hybridized carbons (Fsp3) is 0.556. The molecule has 0 aliphatic rings. The average molecular weight is 248 g/mol. The molecule has 2 N–H and O–H groups in total. The molecule has 0 aliphatic carbocycles. The molecule has 0 saturated heterocycles. The van der Waals surface area contributed by atoms with E-state index in [0.717, 1.165) is 12.8 Å². The second-order valence-corrected chi connectivity index (χ2v) is 4.93. The Balaban J connectivity index is 2.58. The van der Waals surface area contributed by atoms with Crippen LogP contribution in [0, 0.1) is 6.92 Å². The Bertz CT molecular complexity index is 255. The van der Waals surface area contributed by atoms with Crippen molar-refractivity contribution in [1.82, 2.24) is 0 Å². The Kier molecular flexibility index (Phi) is 3.75. The minimum atomic E-state index is 0.305. The van der Waals surface area contributed by atoms with E-state index in [1.165, 1.54) is 14.9 Å². The zero-order chi connectivity index (χ0) is 9.14. The first-order valence-corrected chi connectivity index (χ1v) is 5.76. The smallest absolute Gasteiger partial charge is 0.0343 e. The van der Waals surface area contributed by atoms with E-state index >= 15 is 0 Å². The van der Waals surface area contributed by atoms with E-state index in [4.69, 9.17) is 5.73 Å². The molecule has 0 saturated carbocycles. The minimum Gasteiger partial charge on any atom is -0.328 e. The molecule has 0 bridgehead atoms. The first-order valence-electron chi connectivity index (χ1n) is 4.09. The van der Waals surface area contributed by atoms with E-state index < -0.39 is 0 Å². The van der Waals surface area contributed by atoms with Crippen molar-refractivity contribution in [3.63, 3.8) is 0 Å². The predicted octanol–water partition coefficient (Wildman–Crippen LogP) is 3.10. The summed E-state index contributed by atoms with van der Waals surface area (Å²) in [5.74, 6) is 0. The topological polar surface area (TPSA) is 26.0 Å². The second kappa shape index (κ2) is 4.40.